The lowest BCUT2D eigenvalue weighted by molar-refractivity contribution is 0.0619. The zero-order valence-electron chi connectivity index (χ0n) is 9.36. The molecule has 0 aromatic heterocycles. The maximum absolute atomic E-state index is 9.23. The molecule has 0 bridgehead atoms. The normalized spacial score (nSPS) is 18.1. The lowest BCUT2D eigenvalue weighted by Gasteiger charge is -2.17. The summed E-state index contributed by atoms with van der Waals surface area (Å²) in [5, 5.41) is 9.23. The molecule has 0 spiro atoms. The zero-order valence-corrected chi connectivity index (χ0v) is 9.36. The van der Waals surface area contributed by atoms with Crippen LogP contribution in [0.15, 0.2) is 24.3 Å². The highest BCUT2D eigenvalue weighted by Gasteiger charge is 2.44. The molecule has 1 aromatic carbocycles. The van der Waals surface area contributed by atoms with Crippen LogP contribution in [0.25, 0.3) is 0 Å². The van der Waals surface area contributed by atoms with E-state index >= 15 is 0 Å². The van der Waals surface area contributed by atoms with E-state index in [-0.39, 0.29) is 5.41 Å². The molecule has 15 heavy (non-hydrogen) atoms. The van der Waals surface area contributed by atoms with Gasteiger partial charge in [-0.15, -0.1) is 0 Å². The van der Waals surface area contributed by atoms with Gasteiger partial charge in [-0.3, -0.25) is 0 Å². The minimum absolute atomic E-state index is 0.234. The van der Waals surface area contributed by atoms with Gasteiger partial charge in [-0.1, -0.05) is 12.1 Å². The Labute approximate surface area is 90.9 Å². The Morgan fingerprint density at radius 2 is 1.87 bits per heavy atom. The molecule has 0 amide bonds. The lowest BCUT2D eigenvalue weighted by Crippen LogP contribution is -2.18. The molecule has 1 fully saturated rings. The van der Waals surface area contributed by atoms with Gasteiger partial charge in [0.15, 0.2) is 0 Å². The van der Waals surface area contributed by atoms with Gasteiger partial charge < -0.3 is 9.84 Å². The highest BCUT2D eigenvalue weighted by molar-refractivity contribution is 5.35. The van der Waals surface area contributed by atoms with Crippen molar-refractivity contribution in [2.45, 2.75) is 38.2 Å². The second kappa shape index (κ2) is 3.86. The lowest BCUT2D eigenvalue weighted by atomic mass is 9.97. The van der Waals surface area contributed by atoms with Gasteiger partial charge in [0.2, 0.25) is 0 Å². The average molecular weight is 206 g/mol. The topological polar surface area (TPSA) is 29.5 Å². The minimum Gasteiger partial charge on any atom is -0.508 e. The smallest absolute Gasteiger partial charge is 0.115 e. The predicted molar refractivity (Wildman–Crippen MR) is 60.1 cm³/mol. The summed E-state index contributed by atoms with van der Waals surface area (Å²) in [5.74, 6) is 0.333. The highest BCUT2D eigenvalue weighted by Crippen LogP contribution is 2.48. The van der Waals surface area contributed by atoms with Crippen LogP contribution in [0.1, 0.15) is 32.3 Å². The van der Waals surface area contributed by atoms with Crippen LogP contribution >= 0.6 is 0 Å². The number of phenolic OH excluding ortho intramolecular Hbond substituents is 1. The molecule has 0 radical (unpaired) electrons. The van der Waals surface area contributed by atoms with Crippen LogP contribution in [0, 0.1) is 0 Å². The van der Waals surface area contributed by atoms with E-state index < -0.39 is 0 Å². The molecule has 2 heteroatoms. The van der Waals surface area contributed by atoms with Gasteiger partial charge in [0.1, 0.15) is 5.75 Å². The van der Waals surface area contributed by atoms with Crippen molar-refractivity contribution in [3.63, 3.8) is 0 Å². The Hall–Kier alpha value is -1.02. The van der Waals surface area contributed by atoms with E-state index in [0.717, 1.165) is 6.61 Å². The third-order valence-corrected chi connectivity index (χ3v) is 3.03. The standard InChI is InChI=1S/C13H18O2/c1-10(2)15-9-13(7-8-13)11-3-5-12(14)6-4-11/h3-6,10,14H,7-9H2,1-2H3. The molecule has 0 aliphatic heterocycles. The fraction of sp³-hybridized carbons (Fsp3) is 0.538. The predicted octanol–water partition coefficient (Wildman–Crippen LogP) is 2.85. The maximum Gasteiger partial charge on any atom is 0.115 e. The van der Waals surface area contributed by atoms with Crippen LogP contribution in [0.2, 0.25) is 0 Å². The van der Waals surface area contributed by atoms with Gasteiger partial charge in [-0.2, -0.15) is 0 Å². The number of hydrogen-bond donors (Lipinski definition) is 1. The van der Waals surface area contributed by atoms with E-state index in [1.165, 1.54) is 18.4 Å². The first-order chi connectivity index (χ1) is 7.12. The van der Waals surface area contributed by atoms with E-state index in [4.69, 9.17) is 4.74 Å². The van der Waals surface area contributed by atoms with Crippen LogP contribution in [-0.4, -0.2) is 17.8 Å². The number of rotatable bonds is 4. The molecule has 2 nitrogen and oxygen atoms in total. The quantitative estimate of drug-likeness (QED) is 0.820. The van der Waals surface area contributed by atoms with Crippen molar-refractivity contribution < 1.29 is 9.84 Å². The summed E-state index contributed by atoms with van der Waals surface area (Å²) < 4.78 is 5.69. The summed E-state index contributed by atoms with van der Waals surface area (Å²) in [6, 6.07) is 7.52. The van der Waals surface area contributed by atoms with Crippen molar-refractivity contribution in [1.29, 1.82) is 0 Å². The SMILES string of the molecule is CC(C)OCC1(c2ccc(O)cc2)CC1. The molecule has 1 aliphatic carbocycles. The molecule has 1 aromatic rings. The minimum atomic E-state index is 0.234. The molecule has 0 atom stereocenters. The fourth-order valence-electron chi connectivity index (χ4n) is 1.81. The molecule has 1 N–H and O–H groups in total. The summed E-state index contributed by atoms with van der Waals surface area (Å²) >= 11 is 0. The van der Waals surface area contributed by atoms with Crippen molar-refractivity contribution in [2.75, 3.05) is 6.61 Å². The summed E-state index contributed by atoms with van der Waals surface area (Å²) in [6.07, 6.45) is 2.69. The molecule has 0 heterocycles. The highest BCUT2D eigenvalue weighted by atomic mass is 16.5. The Balaban J connectivity index is 2.06. The summed E-state index contributed by atoms with van der Waals surface area (Å²) in [5.41, 5.74) is 1.53. The van der Waals surface area contributed by atoms with Gasteiger partial charge in [-0.25, -0.2) is 0 Å². The van der Waals surface area contributed by atoms with Gasteiger partial charge >= 0.3 is 0 Å². The second-order valence-electron chi connectivity index (χ2n) is 4.69. The van der Waals surface area contributed by atoms with E-state index in [2.05, 4.69) is 13.8 Å². The molecule has 0 saturated heterocycles. The first-order valence-corrected chi connectivity index (χ1v) is 5.53. The first kappa shape index (κ1) is 10.5. The first-order valence-electron chi connectivity index (χ1n) is 5.53. The second-order valence-corrected chi connectivity index (χ2v) is 4.69. The van der Waals surface area contributed by atoms with Crippen LogP contribution in [-0.2, 0) is 10.2 Å². The van der Waals surface area contributed by atoms with Gasteiger partial charge in [0.25, 0.3) is 0 Å². The largest absolute Gasteiger partial charge is 0.508 e. The van der Waals surface area contributed by atoms with Crippen LogP contribution < -0.4 is 0 Å². The van der Waals surface area contributed by atoms with Gasteiger partial charge in [-0.05, 0) is 44.4 Å². The fourth-order valence-corrected chi connectivity index (χ4v) is 1.81. The van der Waals surface area contributed by atoms with Crippen molar-refractivity contribution in [3.05, 3.63) is 29.8 Å². The number of aromatic hydroxyl groups is 1. The third kappa shape index (κ3) is 2.32. The van der Waals surface area contributed by atoms with Crippen molar-refractivity contribution >= 4 is 0 Å². The molecule has 1 aliphatic rings. The Morgan fingerprint density at radius 1 is 1.27 bits per heavy atom. The Kier molecular flexibility index (Phi) is 2.70. The summed E-state index contributed by atoms with van der Waals surface area (Å²) in [7, 11) is 0. The molecule has 2 rings (SSSR count). The van der Waals surface area contributed by atoms with Crippen LogP contribution in [0.4, 0.5) is 0 Å². The average Bonchev–Trinajstić information content (AvgIpc) is 2.97. The molecule has 82 valence electrons. The monoisotopic (exact) mass is 206 g/mol. The van der Waals surface area contributed by atoms with E-state index in [9.17, 15) is 5.11 Å². The van der Waals surface area contributed by atoms with Gasteiger partial charge in [0, 0.05) is 5.41 Å². The Morgan fingerprint density at radius 3 is 2.33 bits per heavy atom. The molecular weight excluding hydrogens is 188 g/mol. The van der Waals surface area contributed by atoms with Crippen molar-refractivity contribution in [2.24, 2.45) is 0 Å². The van der Waals surface area contributed by atoms with Crippen molar-refractivity contribution in [3.8, 4) is 5.75 Å². The molecule has 0 unspecified atom stereocenters. The maximum atomic E-state index is 9.23. The zero-order chi connectivity index (χ0) is 10.9. The van der Waals surface area contributed by atoms with E-state index in [1.54, 1.807) is 12.1 Å². The Bertz CT molecular complexity index is 323. The van der Waals surface area contributed by atoms with Crippen LogP contribution in [0.3, 0.4) is 0 Å². The molecular formula is C13H18O2. The summed E-state index contributed by atoms with van der Waals surface area (Å²) in [4.78, 5) is 0. The van der Waals surface area contributed by atoms with E-state index in [1.807, 2.05) is 12.1 Å². The van der Waals surface area contributed by atoms with Crippen molar-refractivity contribution in [1.82, 2.24) is 0 Å². The third-order valence-electron chi connectivity index (χ3n) is 3.03. The number of phenols is 1. The number of benzene rings is 1. The number of ether oxygens (including phenoxy) is 1. The van der Waals surface area contributed by atoms with Gasteiger partial charge in [0.05, 0.1) is 12.7 Å². The number of hydrogen-bond acceptors (Lipinski definition) is 2. The van der Waals surface area contributed by atoms with Crippen LogP contribution in [0.5, 0.6) is 5.75 Å². The summed E-state index contributed by atoms with van der Waals surface area (Å²) in [6.45, 7) is 4.93. The molecule has 1 saturated carbocycles. The van der Waals surface area contributed by atoms with E-state index in [0.29, 0.717) is 11.9 Å².